The Bertz CT molecular complexity index is 940. The van der Waals surface area contributed by atoms with Gasteiger partial charge < -0.3 is 10.1 Å². The van der Waals surface area contributed by atoms with E-state index in [1.807, 2.05) is 44.2 Å². The number of nitrogens with zero attached hydrogens (tertiary/aromatic N) is 1. The predicted octanol–water partition coefficient (Wildman–Crippen LogP) is 4.91. The number of rotatable bonds is 4. The van der Waals surface area contributed by atoms with Crippen molar-refractivity contribution in [3.63, 3.8) is 0 Å². The van der Waals surface area contributed by atoms with Crippen molar-refractivity contribution in [1.29, 1.82) is 0 Å². The van der Waals surface area contributed by atoms with Crippen LogP contribution in [0.25, 0.3) is 10.9 Å². The molecule has 0 bridgehead atoms. The minimum Gasteiger partial charge on any atom is -0.481 e. The number of anilines is 1. The van der Waals surface area contributed by atoms with E-state index in [0.29, 0.717) is 10.8 Å². The van der Waals surface area contributed by atoms with Crippen molar-refractivity contribution < 1.29 is 9.53 Å². The fourth-order valence-electron chi connectivity index (χ4n) is 2.61. The molecule has 1 N–H and O–H groups in total. The lowest BCUT2D eigenvalue weighted by Crippen LogP contribution is -2.30. The van der Waals surface area contributed by atoms with E-state index in [9.17, 15) is 4.79 Å². The molecule has 0 saturated heterocycles. The molecule has 0 aliphatic heterocycles. The van der Waals surface area contributed by atoms with Crippen LogP contribution in [-0.2, 0) is 4.79 Å². The molecular formula is C20H19ClN2O2. The topological polar surface area (TPSA) is 51.2 Å². The van der Waals surface area contributed by atoms with Gasteiger partial charge in [-0.15, -0.1) is 0 Å². The summed E-state index contributed by atoms with van der Waals surface area (Å²) in [6.07, 6.45) is 1.10. The monoisotopic (exact) mass is 354 g/mol. The Morgan fingerprint density at radius 1 is 1.16 bits per heavy atom. The lowest BCUT2D eigenvalue weighted by molar-refractivity contribution is -0.122. The maximum atomic E-state index is 12.5. The lowest BCUT2D eigenvalue weighted by atomic mass is 10.1. The molecule has 4 nitrogen and oxygen atoms in total. The van der Waals surface area contributed by atoms with Crippen LogP contribution in [-0.4, -0.2) is 17.0 Å². The number of nitrogens with one attached hydrogen (secondary N) is 1. The Morgan fingerprint density at radius 2 is 1.96 bits per heavy atom. The van der Waals surface area contributed by atoms with Crippen molar-refractivity contribution in [2.24, 2.45) is 0 Å². The number of aromatic nitrogens is 1. The van der Waals surface area contributed by atoms with Crippen molar-refractivity contribution in [3.8, 4) is 5.75 Å². The summed E-state index contributed by atoms with van der Waals surface area (Å²) in [6.45, 7) is 5.61. The molecule has 3 rings (SSSR count). The van der Waals surface area contributed by atoms with Gasteiger partial charge in [-0.05, 0) is 68.3 Å². The van der Waals surface area contributed by atoms with Crippen LogP contribution in [0.5, 0.6) is 5.75 Å². The summed E-state index contributed by atoms with van der Waals surface area (Å²) in [5, 5.41) is 4.51. The molecule has 1 amide bonds. The van der Waals surface area contributed by atoms with E-state index < -0.39 is 6.10 Å². The van der Waals surface area contributed by atoms with Gasteiger partial charge in [-0.3, -0.25) is 9.78 Å². The van der Waals surface area contributed by atoms with Crippen LogP contribution >= 0.6 is 11.6 Å². The highest BCUT2D eigenvalue weighted by atomic mass is 35.5. The van der Waals surface area contributed by atoms with Crippen LogP contribution in [0.3, 0.4) is 0 Å². The zero-order valence-electron chi connectivity index (χ0n) is 14.3. The van der Waals surface area contributed by atoms with Crippen molar-refractivity contribution in [1.82, 2.24) is 4.98 Å². The van der Waals surface area contributed by atoms with Crippen LogP contribution < -0.4 is 10.1 Å². The minimum atomic E-state index is -0.645. The van der Waals surface area contributed by atoms with Crippen LogP contribution in [0.4, 0.5) is 5.69 Å². The van der Waals surface area contributed by atoms with Crippen LogP contribution in [0.2, 0.25) is 5.02 Å². The van der Waals surface area contributed by atoms with Crippen molar-refractivity contribution in [3.05, 3.63) is 64.8 Å². The van der Waals surface area contributed by atoms with Gasteiger partial charge in [0.25, 0.3) is 5.91 Å². The summed E-state index contributed by atoms with van der Waals surface area (Å²) >= 11 is 6.01. The number of ether oxygens (including phenoxy) is 1. The van der Waals surface area contributed by atoms with Crippen molar-refractivity contribution in [2.75, 3.05) is 5.32 Å². The number of carbonyl (C=O) groups excluding carboxylic acids is 1. The van der Waals surface area contributed by atoms with Gasteiger partial charge in [0.15, 0.2) is 6.10 Å². The van der Waals surface area contributed by atoms with Gasteiger partial charge in [0.1, 0.15) is 5.75 Å². The van der Waals surface area contributed by atoms with E-state index in [-0.39, 0.29) is 5.91 Å². The number of pyridine rings is 1. The van der Waals surface area contributed by atoms with E-state index in [2.05, 4.69) is 10.3 Å². The van der Waals surface area contributed by atoms with Crippen molar-refractivity contribution >= 4 is 34.1 Å². The first kappa shape index (κ1) is 17.2. The summed E-state index contributed by atoms with van der Waals surface area (Å²) < 4.78 is 5.73. The van der Waals surface area contributed by atoms with Gasteiger partial charge in [0.2, 0.25) is 0 Å². The highest BCUT2D eigenvalue weighted by Crippen LogP contribution is 2.25. The largest absolute Gasteiger partial charge is 0.481 e. The normalized spacial score (nSPS) is 12.0. The van der Waals surface area contributed by atoms with Gasteiger partial charge in [-0.1, -0.05) is 17.7 Å². The number of aryl methyl sites for hydroxylation is 2. The molecule has 5 heteroatoms. The number of halogens is 1. The molecule has 1 atom stereocenters. The van der Waals surface area contributed by atoms with Crippen LogP contribution in [0.1, 0.15) is 18.1 Å². The third kappa shape index (κ3) is 3.74. The van der Waals surface area contributed by atoms with Gasteiger partial charge in [0.05, 0.1) is 11.2 Å². The summed E-state index contributed by atoms with van der Waals surface area (Å²) in [5.41, 5.74) is 3.57. The van der Waals surface area contributed by atoms with Crippen LogP contribution in [0, 0.1) is 13.8 Å². The molecule has 0 spiro atoms. The zero-order valence-corrected chi connectivity index (χ0v) is 15.1. The Hall–Kier alpha value is -2.59. The fraction of sp³-hybridized carbons (Fsp3) is 0.200. The summed E-state index contributed by atoms with van der Waals surface area (Å²) in [5.74, 6) is 0.390. The Labute approximate surface area is 151 Å². The maximum absolute atomic E-state index is 12.5. The molecular weight excluding hydrogens is 336 g/mol. The van der Waals surface area contributed by atoms with E-state index >= 15 is 0 Å². The summed E-state index contributed by atoms with van der Waals surface area (Å²) in [4.78, 5) is 16.9. The number of hydrogen-bond donors (Lipinski definition) is 1. The van der Waals surface area contributed by atoms with Gasteiger partial charge >= 0.3 is 0 Å². The van der Waals surface area contributed by atoms with E-state index in [4.69, 9.17) is 16.3 Å². The standard InChI is InChI=1S/C20H19ClN2O2/c1-12-6-9-18(16-5-4-10-22-19(12)16)23-20(24)14(3)25-15-7-8-17(21)13(2)11-15/h4-11,14H,1-3H3,(H,23,24)/t14-/m0/s1. The Morgan fingerprint density at radius 3 is 2.72 bits per heavy atom. The molecule has 0 fully saturated rings. The fourth-order valence-corrected chi connectivity index (χ4v) is 2.72. The van der Waals surface area contributed by atoms with Gasteiger partial charge in [-0.25, -0.2) is 0 Å². The highest BCUT2D eigenvalue weighted by Gasteiger charge is 2.16. The summed E-state index contributed by atoms with van der Waals surface area (Å²) in [6, 6.07) is 13.0. The maximum Gasteiger partial charge on any atom is 0.265 e. The van der Waals surface area contributed by atoms with E-state index in [0.717, 1.165) is 27.7 Å². The zero-order chi connectivity index (χ0) is 18.0. The van der Waals surface area contributed by atoms with E-state index in [1.54, 1.807) is 25.3 Å². The first-order valence-electron chi connectivity index (χ1n) is 8.03. The Kier molecular flexibility index (Phi) is 4.91. The number of fused-ring (bicyclic) bond motifs is 1. The molecule has 0 radical (unpaired) electrons. The third-order valence-electron chi connectivity index (χ3n) is 4.04. The molecule has 0 aliphatic carbocycles. The van der Waals surface area contributed by atoms with Crippen LogP contribution in [0.15, 0.2) is 48.7 Å². The number of amides is 1. The molecule has 1 aromatic heterocycles. The first-order valence-corrected chi connectivity index (χ1v) is 8.41. The second kappa shape index (κ2) is 7.11. The molecule has 0 saturated carbocycles. The number of hydrogen-bond acceptors (Lipinski definition) is 3. The first-order chi connectivity index (χ1) is 12.0. The quantitative estimate of drug-likeness (QED) is 0.724. The highest BCUT2D eigenvalue weighted by molar-refractivity contribution is 6.31. The van der Waals surface area contributed by atoms with Gasteiger partial charge in [-0.2, -0.15) is 0 Å². The number of benzene rings is 2. The second-order valence-electron chi connectivity index (χ2n) is 5.99. The summed E-state index contributed by atoms with van der Waals surface area (Å²) in [7, 11) is 0. The van der Waals surface area contributed by atoms with E-state index in [1.165, 1.54) is 0 Å². The molecule has 25 heavy (non-hydrogen) atoms. The molecule has 1 heterocycles. The smallest absolute Gasteiger partial charge is 0.265 e. The van der Waals surface area contributed by atoms with Crippen molar-refractivity contribution in [2.45, 2.75) is 26.9 Å². The second-order valence-corrected chi connectivity index (χ2v) is 6.40. The third-order valence-corrected chi connectivity index (χ3v) is 4.46. The minimum absolute atomic E-state index is 0.221. The molecule has 2 aromatic carbocycles. The average Bonchev–Trinajstić information content (AvgIpc) is 2.60. The lowest BCUT2D eigenvalue weighted by Gasteiger charge is -2.16. The molecule has 3 aromatic rings. The average molecular weight is 355 g/mol. The Balaban J connectivity index is 1.78. The predicted molar refractivity (Wildman–Crippen MR) is 101 cm³/mol. The van der Waals surface area contributed by atoms with Gasteiger partial charge in [0, 0.05) is 16.6 Å². The molecule has 0 aliphatic rings. The molecule has 0 unspecified atom stereocenters. The molecule has 128 valence electrons. The number of carbonyl (C=O) groups is 1. The SMILES string of the molecule is Cc1cc(O[C@@H](C)C(=O)Nc2ccc(C)c3ncccc23)ccc1Cl.